The molecule has 0 fully saturated rings. The molecule has 0 aliphatic rings. The molecule has 0 N–H and O–H groups in total. The normalized spacial score (nSPS) is 11.0. The van der Waals surface area contributed by atoms with Gasteiger partial charge in [0.15, 0.2) is 0 Å². The Balaban J connectivity index is 2.04. The number of nitro groups is 1. The van der Waals surface area contributed by atoms with E-state index in [-0.39, 0.29) is 11.6 Å². The Morgan fingerprint density at radius 2 is 1.96 bits per heavy atom. The zero-order valence-corrected chi connectivity index (χ0v) is 12.5. The number of nitro benzene ring substituents is 1. The summed E-state index contributed by atoms with van der Waals surface area (Å²) in [5, 5.41) is 15.0. The molecule has 0 aliphatic carbocycles. The van der Waals surface area contributed by atoms with Crippen molar-refractivity contribution in [2.24, 2.45) is 7.05 Å². The summed E-state index contributed by atoms with van der Waals surface area (Å²) in [4.78, 5) is 10.2. The van der Waals surface area contributed by atoms with Gasteiger partial charge in [-0.25, -0.2) is 4.68 Å². The highest BCUT2D eigenvalue weighted by molar-refractivity contribution is 5.60. The molecule has 124 valence electrons. The molecule has 0 saturated heterocycles. The molecule has 24 heavy (non-hydrogen) atoms. The Labute approximate surface area is 134 Å². The van der Waals surface area contributed by atoms with Crippen molar-refractivity contribution in [2.45, 2.75) is 6.61 Å². The zero-order valence-electron chi connectivity index (χ0n) is 12.5. The van der Waals surface area contributed by atoms with Crippen LogP contribution in [0.2, 0.25) is 0 Å². The third kappa shape index (κ3) is 3.09. The largest absolute Gasteiger partial charge is 0.417 e. The number of rotatable bonds is 5. The molecule has 0 atom stereocenters. The number of aromatic nitrogens is 3. The van der Waals surface area contributed by atoms with Gasteiger partial charge in [-0.3, -0.25) is 10.1 Å². The SMILES string of the molecule is Cn1ccc(-c2cc(OC(F)F)n(-c3ccc([N+](=O)[O-])cc3)n2)c1. The third-order valence-electron chi connectivity index (χ3n) is 3.32. The van der Waals surface area contributed by atoms with E-state index in [1.54, 1.807) is 23.0 Å². The fourth-order valence-electron chi connectivity index (χ4n) is 2.24. The monoisotopic (exact) mass is 334 g/mol. The van der Waals surface area contributed by atoms with Gasteiger partial charge in [0.1, 0.15) is 0 Å². The summed E-state index contributed by atoms with van der Waals surface area (Å²) in [5.74, 6) is -0.155. The summed E-state index contributed by atoms with van der Waals surface area (Å²) in [5.41, 5.74) is 1.45. The van der Waals surface area contributed by atoms with E-state index in [1.165, 1.54) is 35.0 Å². The smallest absolute Gasteiger partial charge is 0.388 e. The van der Waals surface area contributed by atoms with E-state index in [0.29, 0.717) is 11.4 Å². The minimum atomic E-state index is -3.01. The van der Waals surface area contributed by atoms with Gasteiger partial charge in [-0.2, -0.15) is 13.9 Å². The molecule has 3 rings (SSSR count). The molecule has 2 aromatic heterocycles. The number of benzene rings is 1. The quantitative estimate of drug-likeness (QED) is 0.529. The lowest BCUT2D eigenvalue weighted by molar-refractivity contribution is -0.384. The molecule has 0 saturated carbocycles. The van der Waals surface area contributed by atoms with Crippen molar-refractivity contribution in [3.63, 3.8) is 0 Å². The van der Waals surface area contributed by atoms with E-state index in [2.05, 4.69) is 9.84 Å². The predicted molar refractivity (Wildman–Crippen MR) is 81.3 cm³/mol. The van der Waals surface area contributed by atoms with Crippen molar-refractivity contribution in [3.05, 3.63) is 58.9 Å². The summed E-state index contributed by atoms with van der Waals surface area (Å²) >= 11 is 0. The van der Waals surface area contributed by atoms with E-state index < -0.39 is 11.5 Å². The van der Waals surface area contributed by atoms with Gasteiger partial charge >= 0.3 is 6.61 Å². The van der Waals surface area contributed by atoms with E-state index >= 15 is 0 Å². The van der Waals surface area contributed by atoms with Crippen molar-refractivity contribution < 1.29 is 18.4 Å². The number of aryl methyl sites for hydroxylation is 1. The van der Waals surface area contributed by atoms with Crippen LogP contribution in [-0.2, 0) is 7.05 Å². The van der Waals surface area contributed by atoms with Gasteiger partial charge in [0.05, 0.1) is 16.3 Å². The van der Waals surface area contributed by atoms with Gasteiger partial charge in [0.25, 0.3) is 5.69 Å². The average molecular weight is 334 g/mol. The number of ether oxygens (including phenoxy) is 1. The Morgan fingerprint density at radius 1 is 1.25 bits per heavy atom. The molecule has 0 spiro atoms. The fourth-order valence-corrected chi connectivity index (χ4v) is 2.24. The van der Waals surface area contributed by atoms with Crippen LogP contribution in [0.5, 0.6) is 5.88 Å². The Morgan fingerprint density at radius 3 is 2.50 bits per heavy atom. The topological polar surface area (TPSA) is 75.1 Å². The maximum Gasteiger partial charge on any atom is 0.388 e. The zero-order chi connectivity index (χ0) is 17.3. The third-order valence-corrected chi connectivity index (χ3v) is 3.32. The fraction of sp³-hybridized carbons (Fsp3) is 0.133. The lowest BCUT2D eigenvalue weighted by Gasteiger charge is -2.07. The second-order valence-corrected chi connectivity index (χ2v) is 5.00. The molecular weight excluding hydrogens is 322 g/mol. The first-order valence-corrected chi connectivity index (χ1v) is 6.86. The molecule has 1 aromatic carbocycles. The van der Waals surface area contributed by atoms with Crippen molar-refractivity contribution in [1.82, 2.24) is 14.3 Å². The van der Waals surface area contributed by atoms with Crippen molar-refractivity contribution in [1.29, 1.82) is 0 Å². The minimum absolute atomic E-state index is 0.106. The molecule has 3 aromatic rings. The van der Waals surface area contributed by atoms with Gasteiger partial charge in [-0.05, 0) is 18.2 Å². The van der Waals surface area contributed by atoms with Crippen LogP contribution in [0.15, 0.2) is 48.8 Å². The first-order valence-electron chi connectivity index (χ1n) is 6.86. The van der Waals surface area contributed by atoms with Crippen LogP contribution in [-0.4, -0.2) is 25.9 Å². The van der Waals surface area contributed by atoms with Gasteiger partial charge in [0.2, 0.25) is 5.88 Å². The predicted octanol–water partition coefficient (Wildman–Crippen LogP) is 3.39. The van der Waals surface area contributed by atoms with Crippen LogP contribution in [0, 0.1) is 10.1 Å². The Hall–Kier alpha value is -3.23. The number of hydrogen-bond donors (Lipinski definition) is 0. The molecule has 9 heteroatoms. The maximum atomic E-state index is 12.6. The van der Waals surface area contributed by atoms with Crippen LogP contribution >= 0.6 is 0 Å². The van der Waals surface area contributed by atoms with Crippen LogP contribution in [0.4, 0.5) is 14.5 Å². The van der Waals surface area contributed by atoms with Crippen LogP contribution < -0.4 is 4.74 Å². The van der Waals surface area contributed by atoms with Crippen LogP contribution in [0.3, 0.4) is 0 Å². The lowest BCUT2D eigenvalue weighted by atomic mass is 10.2. The standard InChI is InChI=1S/C15H12F2N4O3/c1-19-7-6-10(9-19)13-8-14(24-15(16)17)20(18-13)11-2-4-12(5-3-11)21(22)23/h2-9,15H,1H3. The van der Waals surface area contributed by atoms with Crippen molar-refractivity contribution in [2.75, 3.05) is 0 Å². The highest BCUT2D eigenvalue weighted by Gasteiger charge is 2.17. The van der Waals surface area contributed by atoms with E-state index in [9.17, 15) is 18.9 Å². The average Bonchev–Trinajstić information content (AvgIpc) is 3.13. The van der Waals surface area contributed by atoms with Gasteiger partial charge in [0, 0.05) is 43.2 Å². The highest BCUT2D eigenvalue weighted by Crippen LogP contribution is 2.28. The van der Waals surface area contributed by atoms with Gasteiger partial charge in [-0.1, -0.05) is 0 Å². The molecule has 7 nitrogen and oxygen atoms in total. The highest BCUT2D eigenvalue weighted by atomic mass is 19.3. The van der Waals surface area contributed by atoms with Crippen LogP contribution in [0.1, 0.15) is 0 Å². The molecular formula is C15H12F2N4O3. The molecule has 0 aliphatic heterocycles. The molecule has 0 radical (unpaired) electrons. The molecule has 0 unspecified atom stereocenters. The van der Waals surface area contributed by atoms with Gasteiger partial charge in [-0.15, -0.1) is 0 Å². The first kappa shape index (κ1) is 15.7. The Kier molecular flexibility index (Phi) is 3.98. The summed E-state index contributed by atoms with van der Waals surface area (Å²) in [6.45, 7) is -3.01. The second-order valence-electron chi connectivity index (χ2n) is 5.00. The summed E-state index contributed by atoms with van der Waals surface area (Å²) in [7, 11) is 1.83. The lowest BCUT2D eigenvalue weighted by Crippen LogP contribution is -2.07. The summed E-state index contributed by atoms with van der Waals surface area (Å²) in [6, 6.07) is 8.55. The summed E-state index contributed by atoms with van der Waals surface area (Å²) < 4.78 is 32.8. The van der Waals surface area contributed by atoms with Crippen molar-refractivity contribution >= 4 is 5.69 Å². The molecule has 0 bridgehead atoms. The van der Waals surface area contributed by atoms with Crippen LogP contribution in [0.25, 0.3) is 16.9 Å². The Bertz CT molecular complexity index is 871. The summed E-state index contributed by atoms with van der Waals surface area (Å²) in [6.07, 6.45) is 3.59. The number of hydrogen-bond acceptors (Lipinski definition) is 4. The number of alkyl halides is 2. The van der Waals surface area contributed by atoms with E-state index in [4.69, 9.17) is 0 Å². The van der Waals surface area contributed by atoms with E-state index in [1.807, 2.05) is 7.05 Å². The van der Waals surface area contributed by atoms with Gasteiger partial charge < -0.3 is 9.30 Å². The number of halogens is 2. The first-order chi connectivity index (χ1) is 11.4. The number of non-ortho nitro benzene ring substituents is 1. The maximum absolute atomic E-state index is 12.6. The minimum Gasteiger partial charge on any atom is -0.417 e. The van der Waals surface area contributed by atoms with E-state index in [0.717, 1.165) is 5.56 Å². The number of nitrogens with zero attached hydrogens (tertiary/aromatic N) is 4. The second kappa shape index (κ2) is 6.11. The van der Waals surface area contributed by atoms with Crippen molar-refractivity contribution in [3.8, 4) is 22.8 Å². The molecule has 0 amide bonds. The molecule has 2 heterocycles.